The minimum absolute atomic E-state index is 0.0388. The summed E-state index contributed by atoms with van der Waals surface area (Å²) in [7, 11) is 0. The minimum atomic E-state index is -0.575. The number of halogens is 3. The Morgan fingerprint density at radius 3 is 2.62 bits per heavy atom. The van der Waals surface area contributed by atoms with Crippen molar-refractivity contribution in [2.45, 2.75) is 6.92 Å². The first kappa shape index (κ1) is 11.4. The number of hydrogen-bond acceptors (Lipinski definition) is 2. The lowest BCUT2D eigenvalue weighted by molar-refractivity contribution is 0.585. The molecule has 0 aliphatic heterocycles. The summed E-state index contributed by atoms with van der Waals surface area (Å²) in [5.41, 5.74) is 0.0388. The summed E-state index contributed by atoms with van der Waals surface area (Å²) in [4.78, 5) is 0. The largest absolute Gasteiger partial charge is 0.269 e. The molecular weight excluding hydrogens is 300 g/mol. The molecule has 0 aliphatic rings. The molecule has 2 aromatic rings. The molecule has 0 atom stereocenters. The summed E-state index contributed by atoms with van der Waals surface area (Å²) in [5.74, 6) is -0.668. The number of nitrogens with one attached hydrogen (secondary N) is 1. The molecule has 1 N–H and O–H groups in total. The van der Waals surface area contributed by atoms with Crippen LogP contribution in [0.4, 0.5) is 8.78 Å². The zero-order valence-corrected chi connectivity index (χ0v) is 10.5. The van der Waals surface area contributed by atoms with E-state index in [1.807, 2.05) is 0 Å². The number of aromatic amines is 1. The maximum Gasteiger partial charge on any atom is 0.199 e. The van der Waals surface area contributed by atoms with Gasteiger partial charge in [0, 0.05) is 6.07 Å². The standard InChI is InChI=1S/C9H6BrF2N3S/c1-4-13-14-9(16)15(4)8-3-6(11)5(10)2-7(8)12/h2-3H,1H3,(H,14,16). The Bertz CT molecular complexity index is 605. The van der Waals surface area contributed by atoms with E-state index < -0.39 is 11.6 Å². The first-order chi connectivity index (χ1) is 7.50. The third-order valence-corrected chi connectivity index (χ3v) is 2.95. The van der Waals surface area contributed by atoms with Crippen LogP contribution in [-0.4, -0.2) is 14.8 Å². The minimum Gasteiger partial charge on any atom is -0.269 e. The van der Waals surface area contributed by atoms with Crippen LogP contribution in [0.25, 0.3) is 5.69 Å². The molecule has 1 heterocycles. The number of aryl methyl sites for hydroxylation is 1. The zero-order chi connectivity index (χ0) is 11.9. The van der Waals surface area contributed by atoms with Crippen molar-refractivity contribution < 1.29 is 8.78 Å². The molecule has 1 aromatic heterocycles. The Morgan fingerprint density at radius 2 is 2.06 bits per heavy atom. The van der Waals surface area contributed by atoms with Gasteiger partial charge in [0.1, 0.15) is 17.5 Å². The average molecular weight is 306 g/mol. The second-order valence-electron chi connectivity index (χ2n) is 3.13. The number of benzene rings is 1. The summed E-state index contributed by atoms with van der Waals surface area (Å²) in [6.07, 6.45) is 0. The third-order valence-electron chi connectivity index (χ3n) is 2.07. The van der Waals surface area contributed by atoms with E-state index in [1.165, 1.54) is 4.57 Å². The highest BCUT2D eigenvalue weighted by Crippen LogP contribution is 2.23. The first-order valence-electron chi connectivity index (χ1n) is 4.29. The van der Waals surface area contributed by atoms with Crippen LogP contribution >= 0.6 is 28.1 Å². The molecule has 0 bridgehead atoms. The molecule has 0 aliphatic carbocycles. The molecule has 0 saturated carbocycles. The molecule has 0 fully saturated rings. The number of nitrogens with zero attached hydrogens (tertiary/aromatic N) is 2. The van der Waals surface area contributed by atoms with Gasteiger partial charge in [-0.05, 0) is 41.1 Å². The lowest BCUT2D eigenvalue weighted by Crippen LogP contribution is -2.01. The second-order valence-corrected chi connectivity index (χ2v) is 4.37. The Labute approximate surface area is 103 Å². The van der Waals surface area contributed by atoms with Crippen molar-refractivity contribution in [3.05, 3.63) is 38.8 Å². The lowest BCUT2D eigenvalue weighted by Gasteiger charge is -2.06. The van der Waals surface area contributed by atoms with Crippen molar-refractivity contribution in [3.63, 3.8) is 0 Å². The zero-order valence-electron chi connectivity index (χ0n) is 8.09. The fourth-order valence-electron chi connectivity index (χ4n) is 1.34. The van der Waals surface area contributed by atoms with Crippen molar-refractivity contribution in [1.82, 2.24) is 14.8 Å². The van der Waals surface area contributed by atoms with Gasteiger partial charge < -0.3 is 0 Å². The lowest BCUT2D eigenvalue weighted by atomic mass is 10.3. The van der Waals surface area contributed by atoms with E-state index in [1.54, 1.807) is 6.92 Å². The normalized spacial score (nSPS) is 10.8. The van der Waals surface area contributed by atoms with Crippen LogP contribution < -0.4 is 0 Å². The molecule has 16 heavy (non-hydrogen) atoms. The van der Waals surface area contributed by atoms with Crippen molar-refractivity contribution in [2.24, 2.45) is 0 Å². The maximum atomic E-state index is 13.6. The van der Waals surface area contributed by atoms with Crippen LogP contribution in [0.15, 0.2) is 16.6 Å². The van der Waals surface area contributed by atoms with E-state index in [0.29, 0.717) is 5.82 Å². The summed E-state index contributed by atoms with van der Waals surface area (Å²) >= 11 is 7.84. The molecule has 0 radical (unpaired) electrons. The third kappa shape index (κ3) is 1.80. The van der Waals surface area contributed by atoms with Gasteiger partial charge in [0.25, 0.3) is 0 Å². The molecule has 84 valence electrons. The number of aromatic nitrogens is 3. The van der Waals surface area contributed by atoms with E-state index in [4.69, 9.17) is 12.2 Å². The molecule has 7 heteroatoms. The number of hydrogen-bond donors (Lipinski definition) is 1. The van der Waals surface area contributed by atoms with Crippen molar-refractivity contribution in [2.75, 3.05) is 0 Å². The Hall–Kier alpha value is -1.08. The monoisotopic (exact) mass is 305 g/mol. The molecule has 0 spiro atoms. The summed E-state index contributed by atoms with van der Waals surface area (Å²) in [6, 6.07) is 2.12. The second kappa shape index (κ2) is 4.06. The molecule has 3 nitrogen and oxygen atoms in total. The molecule has 0 saturated heterocycles. The van der Waals surface area contributed by atoms with Gasteiger partial charge in [-0.2, -0.15) is 5.10 Å². The van der Waals surface area contributed by atoms with E-state index in [9.17, 15) is 8.78 Å². The van der Waals surface area contributed by atoms with Gasteiger partial charge in [0.2, 0.25) is 0 Å². The SMILES string of the molecule is Cc1n[nH]c(=S)n1-c1cc(F)c(Br)cc1F. The van der Waals surface area contributed by atoms with Gasteiger partial charge in [0.15, 0.2) is 4.77 Å². The van der Waals surface area contributed by atoms with Crippen molar-refractivity contribution >= 4 is 28.1 Å². The Kier molecular flexibility index (Phi) is 2.90. The van der Waals surface area contributed by atoms with Crippen LogP contribution in [0.2, 0.25) is 0 Å². The molecule has 2 rings (SSSR count). The Balaban J connectivity index is 2.74. The van der Waals surface area contributed by atoms with E-state index in [-0.39, 0.29) is 14.9 Å². The predicted molar refractivity (Wildman–Crippen MR) is 61.1 cm³/mol. The molecule has 0 amide bonds. The fraction of sp³-hybridized carbons (Fsp3) is 0.111. The van der Waals surface area contributed by atoms with E-state index >= 15 is 0 Å². The van der Waals surface area contributed by atoms with Gasteiger partial charge in [0.05, 0.1) is 10.2 Å². The van der Waals surface area contributed by atoms with Gasteiger partial charge in [-0.15, -0.1) is 0 Å². The topological polar surface area (TPSA) is 33.6 Å². The van der Waals surface area contributed by atoms with Gasteiger partial charge >= 0.3 is 0 Å². The molecule has 0 unspecified atom stereocenters. The van der Waals surface area contributed by atoms with Crippen molar-refractivity contribution in [3.8, 4) is 5.69 Å². The van der Waals surface area contributed by atoms with Gasteiger partial charge in [-0.3, -0.25) is 9.67 Å². The van der Waals surface area contributed by atoms with Crippen LogP contribution in [0.5, 0.6) is 0 Å². The maximum absolute atomic E-state index is 13.6. The van der Waals surface area contributed by atoms with Crippen LogP contribution in [0.1, 0.15) is 5.82 Å². The number of rotatable bonds is 1. The van der Waals surface area contributed by atoms with Gasteiger partial charge in [-0.25, -0.2) is 8.78 Å². The van der Waals surface area contributed by atoms with E-state index in [0.717, 1.165) is 12.1 Å². The molecule has 1 aromatic carbocycles. The van der Waals surface area contributed by atoms with Crippen LogP contribution in [-0.2, 0) is 0 Å². The summed E-state index contributed by atoms with van der Waals surface area (Å²) < 4.78 is 28.6. The van der Waals surface area contributed by atoms with Crippen LogP contribution in [0.3, 0.4) is 0 Å². The van der Waals surface area contributed by atoms with E-state index in [2.05, 4.69) is 26.1 Å². The fourth-order valence-corrected chi connectivity index (χ4v) is 1.93. The van der Waals surface area contributed by atoms with Crippen molar-refractivity contribution in [1.29, 1.82) is 0 Å². The highest BCUT2D eigenvalue weighted by Gasteiger charge is 2.13. The summed E-state index contributed by atoms with van der Waals surface area (Å²) in [5, 5.41) is 6.34. The Morgan fingerprint density at radius 1 is 1.38 bits per heavy atom. The average Bonchev–Trinajstić information content (AvgIpc) is 2.53. The first-order valence-corrected chi connectivity index (χ1v) is 5.50. The highest BCUT2D eigenvalue weighted by atomic mass is 79.9. The quantitative estimate of drug-likeness (QED) is 0.648. The van der Waals surface area contributed by atoms with Crippen LogP contribution in [0, 0.1) is 23.3 Å². The predicted octanol–water partition coefficient (Wildman–Crippen LogP) is 3.28. The highest BCUT2D eigenvalue weighted by molar-refractivity contribution is 9.10. The summed E-state index contributed by atoms with van der Waals surface area (Å²) in [6.45, 7) is 1.64. The van der Waals surface area contributed by atoms with Gasteiger partial charge in [-0.1, -0.05) is 0 Å². The molecular formula is C9H6BrF2N3S. The number of H-pyrrole nitrogens is 1. The smallest absolute Gasteiger partial charge is 0.199 e.